The van der Waals surface area contributed by atoms with E-state index in [1.165, 1.54) is 28.0 Å². The molecular formula is C18H29Cl2NSiZr. The van der Waals surface area contributed by atoms with Gasteiger partial charge in [-0.25, -0.2) is 5.57 Å². The van der Waals surface area contributed by atoms with Gasteiger partial charge in [0.05, 0.1) is 0 Å². The van der Waals surface area contributed by atoms with Crippen LogP contribution in [0.3, 0.4) is 0 Å². The molecule has 1 aromatic rings. The summed E-state index contributed by atoms with van der Waals surface area (Å²) >= 11 is 0. The van der Waals surface area contributed by atoms with Gasteiger partial charge in [0.25, 0.3) is 0 Å². The predicted molar refractivity (Wildman–Crippen MR) is 91.9 cm³/mol. The van der Waals surface area contributed by atoms with Crippen molar-refractivity contribution in [3.63, 3.8) is 0 Å². The molecule has 2 rings (SSSR count). The van der Waals surface area contributed by atoms with Crippen LogP contribution in [-0.2, 0) is 26.2 Å². The molecule has 23 heavy (non-hydrogen) atoms. The summed E-state index contributed by atoms with van der Waals surface area (Å²) in [4.78, 5) is 3.01. The van der Waals surface area contributed by atoms with Crippen molar-refractivity contribution in [2.45, 2.75) is 66.6 Å². The third-order valence-electron chi connectivity index (χ3n) is 5.07. The minimum atomic E-state index is -0.663. The largest absolute Gasteiger partial charge is 4.00 e. The number of hydrogen-bond donors (Lipinski definition) is 1. The Balaban J connectivity index is -0.000000325. The molecule has 1 aliphatic carbocycles. The summed E-state index contributed by atoms with van der Waals surface area (Å²) in [6.45, 7) is 20.0. The Bertz CT molecular complexity index is 542. The van der Waals surface area contributed by atoms with Gasteiger partial charge >= 0.3 is 26.2 Å². The van der Waals surface area contributed by atoms with Gasteiger partial charge in [-0.05, 0) is 0 Å². The van der Waals surface area contributed by atoms with Crippen LogP contribution >= 0.6 is 0 Å². The van der Waals surface area contributed by atoms with Crippen molar-refractivity contribution in [1.82, 2.24) is 4.98 Å². The third kappa shape index (κ3) is 6.34. The zero-order chi connectivity index (χ0) is 15.7. The fourth-order valence-electron chi connectivity index (χ4n) is 2.48. The quantitative estimate of drug-likeness (QED) is 0.422. The van der Waals surface area contributed by atoms with Crippen molar-refractivity contribution in [3.05, 3.63) is 45.8 Å². The van der Waals surface area contributed by atoms with E-state index in [4.69, 9.17) is 0 Å². The molecule has 1 aliphatic rings. The average molecular weight is 450 g/mol. The second-order valence-corrected chi connectivity index (χ2v) is 9.95. The maximum atomic E-state index is 3.63. The van der Waals surface area contributed by atoms with Crippen LogP contribution in [0.5, 0.6) is 0 Å². The number of allylic oxidation sites excluding steroid dienone is 4. The predicted octanol–water partition coefficient (Wildman–Crippen LogP) is -0.921. The van der Waals surface area contributed by atoms with Gasteiger partial charge < -0.3 is 29.8 Å². The van der Waals surface area contributed by atoms with Crippen molar-refractivity contribution in [2.24, 2.45) is 0 Å². The number of aromatic nitrogens is 1. The molecule has 0 amide bonds. The Morgan fingerprint density at radius 2 is 1.43 bits per heavy atom. The molecule has 0 aromatic carbocycles. The Kier molecular flexibility index (Phi) is 13.7. The van der Waals surface area contributed by atoms with Crippen LogP contribution < -0.4 is 24.8 Å². The van der Waals surface area contributed by atoms with Gasteiger partial charge in [0, 0.05) is 8.80 Å². The normalized spacial score (nSPS) is 19.1. The van der Waals surface area contributed by atoms with Crippen LogP contribution in [0.15, 0.2) is 16.7 Å². The van der Waals surface area contributed by atoms with Gasteiger partial charge in [-0.3, -0.25) is 6.08 Å². The first-order valence-electron chi connectivity index (χ1n) is 7.44. The molecular weight excluding hydrogens is 420 g/mol. The van der Waals surface area contributed by atoms with Crippen LogP contribution in [0.1, 0.15) is 44.5 Å². The maximum Gasteiger partial charge on any atom is 4.00 e. The van der Waals surface area contributed by atoms with Gasteiger partial charge in [0.15, 0.2) is 0 Å². The number of aromatic amines is 1. The van der Waals surface area contributed by atoms with Gasteiger partial charge in [0.2, 0.25) is 0 Å². The molecule has 1 heterocycles. The van der Waals surface area contributed by atoms with Crippen LogP contribution in [0.4, 0.5) is 0 Å². The second kappa shape index (κ2) is 11.1. The van der Waals surface area contributed by atoms with E-state index in [0.29, 0.717) is 5.04 Å². The molecule has 1 N–H and O–H groups in total. The average Bonchev–Trinajstić information content (AvgIpc) is 2.77. The zero-order valence-corrected chi connectivity index (χ0v) is 21.0. The Labute approximate surface area is 176 Å². The van der Waals surface area contributed by atoms with E-state index in [-0.39, 0.29) is 51.0 Å². The van der Waals surface area contributed by atoms with Crippen LogP contribution in [-0.4, -0.2) is 13.8 Å². The van der Waals surface area contributed by atoms with Gasteiger partial charge in [-0.1, -0.05) is 59.7 Å². The van der Waals surface area contributed by atoms with E-state index >= 15 is 0 Å². The third-order valence-corrected chi connectivity index (χ3v) is 7.96. The number of aryl methyl sites for hydroxylation is 2. The first kappa shape index (κ1) is 28.3. The van der Waals surface area contributed by atoms with E-state index in [0.717, 1.165) is 0 Å². The molecule has 5 heteroatoms. The summed E-state index contributed by atoms with van der Waals surface area (Å²) in [6, 6.07) is 0. The van der Waals surface area contributed by atoms with Crippen molar-refractivity contribution in [3.8, 4) is 0 Å². The van der Waals surface area contributed by atoms with E-state index in [2.05, 4.69) is 78.8 Å². The molecule has 0 saturated heterocycles. The Morgan fingerprint density at radius 1 is 0.957 bits per heavy atom. The van der Waals surface area contributed by atoms with Gasteiger partial charge in [-0.2, -0.15) is 22.3 Å². The molecule has 1 unspecified atom stereocenters. The fourth-order valence-corrected chi connectivity index (χ4v) is 4.07. The van der Waals surface area contributed by atoms with E-state index in [1.807, 2.05) is 0 Å². The van der Waals surface area contributed by atoms with Crippen LogP contribution in [0, 0.1) is 33.0 Å². The standard InChI is InChI=1S/C11H19Si.C7H10N.2ClH.Zr/c1-8-7-11(4,12(5)6)10(3)9(8)2;1-5-4-8-7(3)6(5)2;;;/h12H,1-6H3;8H,1-3H3;2*1H;/q2*-1;;;+4/p-2. The van der Waals surface area contributed by atoms with Gasteiger partial charge in [-0.15, -0.1) is 18.8 Å². The van der Waals surface area contributed by atoms with Crippen LogP contribution in [0.2, 0.25) is 18.1 Å². The molecule has 0 saturated carbocycles. The first-order valence-corrected chi connectivity index (χ1v) is 10.3. The first-order chi connectivity index (χ1) is 9.11. The van der Waals surface area contributed by atoms with Crippen LogP contribution in [0.25, 0.3) is 0 Å². The van der Waals surface area contributed by atoms with Crippen molar-refractivity contribution < 1.29 is 51.0 Å². The number of hydrogen-bond acceptors (Lipinski definition) is 0. The van der Waals surface area contributed by atoms with Crippen molar-refractivity contribution in [2.75, 3.05) is 0 Å². The maximum absolute atomic E-state index is 3.63. The summed E-state index contributed by atoms with van der Waals surface area (Å²) in [5.41, 5.74) is 8.17. The molecule has 0 spiro atoms. The molecule has 1 atom stereocenters. The molecule has 0 radical (unpaired) electrons. The molecule has 1 aromatic heterocycles. The van der Waals surface area contributed by atoms with Crippen molar-refractivity contribution >= 4 is 8.80 Å². The summed E-state index contributed by atoms with van der Waals surface area (Å²) in [7, 11) is -0.663. The van der Waals surface area contributed by atoms with E-state index in [1.54, 1.807) is 5.57 Å². The number of halogens is 2. The summed E-state index contributed by atoms with van der Waals surface area (Å²) in [6.07, 6.45) is 6.65. The summed E-state index contributed by atoms with van der Waals surface area (Å²) in [5.74, 6) is 0. The van der Waals surface area contributed by atoms with E-state index < -0.39 is 8.80 Å². The summed E-state index contributed by atoms with van der Waals surface area (Å²) < 4.78 is 0. The van der Waals surface area contributed by atoms with Crippen molar-refractivity contribution in [1.29, 1.82) is 0 Å². The zero-order valence-electron chi connectivity index (χ0n) is 15.8. The smallest absolute Gasteiger partial charge is 1.00 e. The number of H-pyrrole nitrogens is 1. The Hall–Kier alpha value is 0.440. The molecule has 0 aliphatic heterocycles. The fraction of sp³-hybridized carbons (Fsp3) is 0.556. The minimum absolute atomic E-state index is 0. The monoisotopic (exact) mass is 447 g/mol. The Morgan fingerprint density at radius 3 is 1.57 bits per heavy atom. The number of nitrogens with one attached hydrogen (secondary N) is 1. The molecule has 0 fully saturated rings. The minimum Gasteiger partial charge on any atom is -1.00 e. The summed E-state index contributed by atoms with van der Waals surface area (Å²) in [5, 5.41) is 0.328. The second-order valence-electron chi connectivity index (χ2n) is 6.48. The molecule has 0 bridgehead atoms. The topological polar surface area (TPSA) is 15.8 Å². The SMILES string of the molecule is CC1=[C-]C(C)([SiH](C)C)C(C)=C1C.Cc1[c-][nH]c(C)c1C.[Cl-].[Cl-].[Zr+4]. The number of rotatable bonds is 1. The van der Waals surface area contributed by atoms with E-state index in [9.17, 15) is 0 Å². The molecule has 1 nitrogen and oxygen atoms in total. The molecule has 128 valence electrons. The van der Waals surface area contributed by atoms with Gasteiger partial charge in [0.1, 0.15) is 0 Å².